The van der Waals surface area contributed by atoms with Crippen LogP contribution in [-0.2, 0) is 6.18 Å². The zero-order valence-electron chi connectivity index (χ0n) is 10.7. The number of alkyl halides is 3. The van der Waals surface area contributed by atoms with E-state index in [1.807, 2.05) is 0 Å². The summed E-state index contributed by atoms with van der Waals surface area (Å²) < 4.78 is 37.6. The molecule has 0 fully saturated rings. The third-order valence-corrected chi connectivity index (χ3v) is 3.14. The summed E-state index contributed by atoms with van der Waals surface area (Å²) in [6.07, 6.45) is -2.73. The van der Waals surface area contributed by atoms with E-state index in [1.54, 1.807) is 24.4 Å². The van der Waals surface area contributed by atoms with Gasteiger partial charge in [-0.2, -0.15) is 13.2 Å². The van der Waals surface area contributed by atoms with Gasteiger partial charge in [-0.3, -0.25) is 4.98 Å². The summed E-state index contributed by atoms with van der Waals surface area (Å²) in [5.41, 5.74) is 6.87. The van der Waals surface area contributed by atoms with E-state index in [2.05, 4.69) is 9.97 Å². The fourth-order valence-corrected chi connectivity index (χ4v) is 2.08. The highest BCUT2D eigenvalue weighted by Gasteiger charge is 2.30. The lowest BCUT2D eigenvalue weighted by molar-refractivity contribution is -0.137. The van der Waals surface area contributed by atoms with Crippen molar-refractivity contribution in [2.45, 2.75) is 6.18 Å². The smallest absolute Gasteiger partial charge is 0.383 e. The Bertz CT molecular complexity index is 795. The SMILES string of the molecule is Nc1nc(-c2ccc(C(F)(F)F)cc2)cc2ncccc12. The largest absolute Gasteiger partial charge is 0.416 e. The summed E-state index contributed by atoms with van der Waals surface area (Å²) in [7, 11) is 0. The number of benzene rings is 1. The summed E-state index contributed by atoms with van der Waals surface area (Å²) in [5, 5.41) is 0.716. The number of hydrogen-bond acceptors (Lipinski definition) is 3. The molecule has 0 aliphatic rings. The fraction of sp³-hybridized carbons (Fsp3) is 0.0667. The van der Waals surface area contributed by atoms with Crippen molar-refractivity contribution in [3.05, 3.63) is 54.2 Å². The maximum absolute atomic E-state index is 12.5. The molecule has 3 aromatic rings. The highest BCUT2D eigenvalue weighted by molar-refractivity contribution is 5.90. The number of anilines is 1. The van der Waals surface area contributed by atoms with Crippen LogP contribution in [0.25, 0.3) is 22.2 Å². The first-order valence-electron chi connectivity index (χ1n) is 6.14. The van der Waals surface area contributed by atoms with Crippen LogP contribution in [0.3, 0.4) is 0 Å². The van der Waals surface area contributed by atoms with E-state index in [0.717, 1.165) is 12.1 Å². The minimum atomic E-state index is -4.35. The maximum Gasteiger partial charge on any atom is 0.416 e. The minimum Gasteiger partial charge on any atom is -0.383 e. The second kappa shape index (κ2) is 4.73. The number of pyridine rings is 2. The Kier molecular flexibility index (Phi) is 3.01. The molecule has 1 aromatic carbocycles. The topological polar surface area (TPSA) is 51.8 Å². The molecular formula is C15H10F3N3. The standard InChI is InChI=1S/C15H10F3N3/c16-15(17,18)10-5-3-9(4-6-10)12-8-13-11(14(19)21-12)2-1-7-20-13/h1-8H,(H2,19,21). The van der Waals surface area contributed by atoms with Gasteiger partial charge in [-0.25, -0.2) is 4.98 Å². The third kappa shape index (κ3) is 2.52. The van der Waals surface area contributed by atoms with Gasteiger partial charge in [-0.05, 0) is 30.3 Å². The molecule has 0 atom stereocenters. The molecule has 0 amide bonds. The van der Waals surface area contributed by atoms with Crippen molar-refractivity contribution >= 4 is 16.7 Å². The van der Waals surface area contributed by atoms with Gasteiger partial charge in [0.15, 0.2) is 0 Å². The first kappa shape index (κ1) is 13.4. The van der Waals surface area contributed by atoms with Crippen molar-refractivity contribution in [2.75, 3.05) is 5.73 Å². The molecule has 0 saturated heterocycles. The van der Waals surface area contributed by atoms with E-state index in [1.165, 1.54) is 12.1 Å². The summed E-state index contributed by atoms with van der Waals surface area (Å²) in [6, 6.07) is 10.0. The van der Waals surface area contributed by atoms with E-state index >= 15 is 0 Å². The van der Waals surface area contributed by atoms with Crippen LogP contribution in [0.15, 0.2) is 48.7 Å². The summed E-state index contributed by atoms with van der Waals surface area (Å²) in [5.74, 6) is 0.301. The Morgan fingerprint density at radius 1 is 1.00 bits per heavy atom. The molecule has 2 N–H and O–H groups in total. The number of aromatic nitrogens is 2. The van der Waals surface area contributed by atoms with Gasteiger partial charge in [0.25, 0.3) is 0 Å². The number of rotatable bonds is 1. The molecule has 6 heteroatoms. The van der Waals surface area contributed by atoms with Crippen LogP contribution in [0, 0.1) is 0 Å². The molecule has 2 aromatic heterocycles. The Hall–Kier alpha value is -2.63. The van der Waals surface area contributed by atoms with Crippen LogP contribution in [0.2, 0.25) is 0 Å². The maximum atomic E-state index is 12.5. The minimum absolute atomic E-state index is 0.301. The van der Waals surface area contributed by atoms with Gasteiger partial charge in [0, 0.05) is 17.1 Å². The Balaban J connectivity index is 2.08. The first-order valence-corrected chi connectivity index (χ1v) is 6.14. The third-order valence-electron chi connectivity index (χ3n) is 3.14. The van der Waals surface area contributed by atoms with Crippen molar-refractivity contribution in [3.8, 4) is 11.3 Å². The molecule has 0 spiro atoms. The summed E-state index contributed by atoms with van der Waals surface area (Å²) >= 11 is 0. The van der Waals surface area contributed by atoms with Crippen LogP contribution in [0.1, 0.15) is 5.56 Å². The van der Waals surface area contributed by atoms with Gasteiger partial charge in [0.2, 0.25) is 0 Å². The van der Waals surface area contributed by atoms with Crippen LogP contribution >= 0.6 is 0 Å². The second-order valence-corrected chi connectivity index (χ2v) is 4.54. The molecule has 0 aliphatic heterocycles. The monoisotopic (exact) mass is 289 g/mol. The lowest BCUT2D eigenvalue weighted by Gasteiger charge is -2.08. The summed E-state index contributed by atoms with van der Waals surface area (Å²) in [6.45, 7) is 0. The highest BCUT2D eigenvalue weighted by Crippen LogP contribution is 2.31. The molecule has 21 heavy (non-hydrogen) atoms. The Labute approximate surface area is 118 Å². The fourth-order valence-electron chi connectivity index (χ4n) is 2.08. The zero-order chi connectivity index (χ0) is 15.0. The van der Waals surface area contributed by atoms with Crippen molar-refractivity contribution in [2.24, 2.45) is 0 Å². The van der Waals surface area contributed by atoms with E-state index in [9.17, 15) is 13.2 Å². The lowest BCUT2D eigenvalue weighted by Crippen LogP contribution is -2.04. The van der Waals surface area contributed by atoms with Gasteiger partial charge in [-0.1, -0.05) is 12.1 Å². The van der Waals surface area contributed by atoms with E-state index in [4.69, 9.17) is 5.73 Å². The molecule has 0 bridgehead atoms. The number of nitrogens with two attached hydrogens (primary N) is 1. The van der Waals surface area contributed by atoms with Gasteiger partial charge in [0.1, 0.15) is 5.82 Å². The molecule has 3 nitrogen and oxygen atoms in total. The van der Waals surface area contributed by atoms with Crippen molar-refractivity contribution in [1.82, 2.24) is 9.97 Å². The van der Waals surface area contributed by atoms with Gasteiger partial charge in [0.05, 0.1) is 16.8 Å². The molecule has 0 radical (unpaired) electrons. The predicted octanol–water partition coefficient (Wildman–Crippen LogP) is 3.90. The molecule has 2 heterocycles. The first-order chi connectivity index (χ1) is 9.95. The predicted molar refractivity (Wildman–Crippen MR) is 74.4 cm³/mol. The Morgan fingerprint density at radius 2 is 1.71 bits per heavy atom. The quantitative estimate of drug-likeness (QED) is 0.739. The number of nitrogen functional groups attached to an aromatic ring is 1. The van der Waals surface area contributed by atoms with E-state index in [-0.39, 0.29) is 0 Å². The van der Waals surface area contributed by atoms with Crippen LogP contribution < -0.4 is 5.73 Å². The van der Waals surface area contributed by atoms with Crippen molar-refractivity contribution in [3.63, 3.8) is 0 Å². The molecule has 106 valence electrons. The average Bonchev–Trinajstić information content (AvgIpc) is 2.46. The number of hydrogen-bond donors (Lipinski definition) is 1. The van der Waals surface area contributed by atoms with Crippen molar-refractivity contribution < 1.29 is 13.2 Å². The molecule has 0 unspecified atom stereocenters. The number of nitrogens with zero attached hydrogens (tertiary/aromatic N) is 2. The van der Waals surface area contributed by atoms with E-state index in [0.29, 0.717) is 28.0 Å². The van der Waals surface area contributed by atoms with Gasteiger partial charge < -0.3 is 5.73 Å². The lowest BCUT2D eigenvalue weighted by atomic mass is 10.1. The molecule has 3 rings (SSSR count). The Morgan fingerprint density at radius 3 is 2.38 bits per heavy atom. The molecule has 0 aliphatic carbocycles. The van der Waals surface area contributed by atoms with Crippen LogP contribution in [-0.4, -0.2) is 9.97 Å². The number of fused-ring (bicyclic) bond motifs is 1. The molecular weight excluding hydrogens is 279 g/mol. The van der Waals surface area contributed by atoms with Gasteiger partial charge in [-0.15, -0.1) is 0 Å². The van der Waals surface area contributed by atoms with E-state index < -0.39 is 11.7 Å². The molecule has 0 saturated carbocycles. The van der Waals surface area contributed by atoms with Gasteiger partial charge >= 0.3 is 6.18 Å². The second-order valence-electron chi connectivity index (χ2n) is 4.54. The van der Waals surface area contributed by atoms with Crippen LogP contribution in [0.4, 0.5) is 19.0 Å². The normalized spacial score (nSPS) is 11.8. The number of halogens is 3. The highest BCUT2D eigenvalue weighted by atomic mass is 19.4. The average molecular weight is 289 g/mol. The van der Waals surface area contributed by atoms with Crippen molar-refractivity contribution in [1.29, 1.82) is 0 Å². The van der Waals surface area contributed by atoms with Crippen LogP contribution in [0.5, 0.6) is 0 Å². The summed E-state index contributed by atoms with van der Waals surface area (Å²) in [4.78, 5) is 8.40. The zero-order valence-corrected chi connectivity index (χ0v) is 10.7.